The number of carbonyl (C=O) groups excluding carboxylic acids is 2. The maximum absolute atomic E-state index is 11.9. The first-order chi connectivity index (χ1) is 11.6. The van der Waals surface area contributed by atoms with Gasteiger partial charge in [0.05, 0.1) is 13.0 Å². The summed E-state index contributed by atoms with van der Waals surface area (Å²) in [6.07, 6.45) is 7.55. The van der Waals surface area contributed by atoms with Gasteiger partial charge in [0.2, 0.25) is 0 Å². The van der Waals surface area contributed by atoms with E-state index in [-0.39, 0.29) is 31.1 Å². The summed E-state index contributed by atoms with van der Waals surface area (Å²) in [6, 6.07) is 0. The topological polar surface area (TPSA) is 129 Å². The Kier molecular flexibility index (Phi) is 9.52. The van der Waals surface area contributed by atoms with Gasteiger partial charge in [-0.1, -0.05) is 25.8 Å². The average Bonchev–Trinajstić information content (AvgIpc) is 2.53. The van der Waals surface area contributed by atoms with Crippen LogP contribution in [-0.2, 0) is 19.1 Å². The summed E-state index contributed by atoms with van der Waals surface area (Å²) in [4.78, 5) is 23.7. The molecule has 0 unspecified atom stereocenters. The third-order valence-electron chi connectivity index (χ3n) is 3.89. The molecule has 0 radical (unpaired) electrons. The van der Waals surface area contributed by atoms with E-state index in [1.165, 1.54) is 19.3 Å². The van der Waals surface area contributed by atoms with Gasteiger partial charge in [0, 0.05) is 12.0 Å². The third kappa shape index (κ3) is 7.96. The van der Waals surface area contributed by atoms with E-state index in [0.29, 0.717) is 5.84 Å². The Morgan fingerprint density at radius 2 is 1.79 bits per heavy atom. The Balaban J connectivity index is 2.29. The molecular weight excluding hydrogens is 312 g/mol. The molecule has 0 aromatic carbocycles. The zero-order chi connectivity index (χ0) is 17.8. The SMILES string of the molecule is C=C(CC(=O)OC1CCCCCCC1)C(=O)OCC/C(=N/N)NN. The van der Waals surface area contributed by atoms with Crippen molar-refractivity contribution < 1.29 is 19.1 Å². The smallest absolute Gasteiger partial charge is 0.334 e. The van der Waals surface area contributed by atoms with Gasteiger partial charge in [-0.05, 0) is 25.7 Å². The summed E-state index contributed by atoms with van der Waals surface area (Å²) in [5.74, 6) is 9.44. The summed E-state index contributed by atoms with van der Waals surface area (Å²) < 4.78 is 10.4. The molecule has 1 saturated carbocycles. The first kappa shape index (κ1) is 20.0. The second-order valence-electron chi connectivity index (χ2n) is 5.84. The molecule has 24 heavy (non-hydrogen) atoms. The maximum atomic E-state index is 11.9. The quantitative estimate of drug-likeness (QED) is 0.159. The van der Waals surface area contributed by atoms with Crippen molar-refractivity contribution in [2.45, 2.75) is 63.9 Å². The van der Waals surface area contributed by atoms with Crippen molar-refractivity contribution in [1.29, 1.82) is 0 Å². The number of amidine groups is 1. The number of esters is 2. The standard InChI is InChI=1S/C16H28N4O4/c1-12(16(22)23-10-9-14(19-17)20-18)11-15(21)24-13-7-5-3-2-4-6-8-13/h13H,1-11,17-18H2,(H,19,20). The second kappa shape index (κ2) is 11.4. The molecular formula is C16H28N4O4. The van der Waals surface area contributed by atoms with E-state index in [4.69, 9.17) is 21.2 Å². The minimum atomic E-state index is -0.641. The normalized spacial score (nSPS) is 16.6. The number of rotatable bonds is 7. The fraction of sp³-hybridized carbons (Fsp3) is 0.688. The van der Waals surface area contributed by atoms with Gasteiger partial charge in [-0.2, -0.15) is 5.10 Å². The minimum Gasteiger partial charge on any atom is -0.462 e. The fourth-order valence-electron chi connectivity index (χ4n) is 2.53. The van der Waals surface area contributed by atoms with Crippen LogP contribution in [0.5, 0.6) is 0 Å². The third-order valence-corrected chi connectivity index (χ3v) is 3.89. The summed E-state index contributed by atoms with van der Waals surface area (Å²) >= 11 is 0. The molecule has 0 spiro atoms. The highest BCUT2D eigenvalue weighted by atomic mass is 16.5. The molecule has 0 atom stereocenters. The Morgan fingerprint density at radius 1 is 1.17 bits per heavy atom. The van der Waals surface area contributed by atoms with E-state index in [1.807, 2.05) is 0 Å². The van der Waals surface area contributed by atoms with Crippen molar-refractivity contribution in [2.24, 2.45) is 16.8 Å². The number of hydrazine groups is 1. The van der Waals surface area contributed by atoms with Gasteiger partial charge < -0.3 is 20.7 Å². The van der Waals surface area contributed by atoms with Crippen molar-refractivity contribution in [2.75, 3.05) is 6.61 Å². The van der Waals surface area contributed by atoms with Crippen LogP contribution in [-0.4, -0.2) is 30.5 Å². The van der Waals surface area contributed by atoms with Gasteiger partial charge in [-0.15, -0.1) is 0 Å². The van der Waals surface area contributed by atoms with Crippen LogP contribution in [0.15, 0.2) is 17.3 Å². The highest BCUT2D eigenvalue weighted by Crippen LogP contribution is 2.20. The van der Waals surface area contributed by atoms with E-state index in [0.717, 1.165) is 25.7 Å². The first-order valence-electron chi connectivity index (χ1n) is 8.34. The van der Waals surface area contributed by atoms with Gasteiger partial charge in [-0.25, -0.2) is 10.6 Å². The molecule has 1 fully saturated rings. The van der Waals surface area contributed by atoms with Gasteiger partial charge in [-0.3, -0.25) is 4.79 Å². The number of ether oxygens (including phenoxy) is 2. The second-order valence-corrected chi connectivity index (χ2v) is 5.84. The number of hydrogen-bond donors (Lipinski definition) is 3. The molecule has 0 aromatic rings. The van der Waals surface area contributed by atoms with Crippen LogP contribution in [0.4, 0.5) is 0 Å². The number of nitrogens with one attached hydrogen (secondary N) is 1. The summed E-state index contributed by atoms with van der Waals surface area (Å²) in [6.45, 7) is 3.63. The molecule has 136 valence electrons. The Hall–Kier alpha value is -2.09. The molecule has 0 aromatic heterocycles. The van der Waals surface area contributed by atoms with Crippen LogP contribution < -0.4 is 17.1 Å². The van der Waals surface area contributed by atoms with E-state index in [2.05, 4.69) is 17.1 Å². The predicted octanol–water partition coefficient (Wildman–Crippen LogP) is 1.26. The zero-order valence-corrected chi connectivity index (χ0v) is 14.1. The monoisotopic (exact) mass is 340 g/mol. The number of hydrazone groups is 1. The van der Waals surface area contributed by atoms with E-state index < -0.39 is 11.9 Å². The average molecular weight is 340 g/mol. The number of nitrogens with zero attached hydrogens (tertiary/aromatic N) is 1. The van der Waals surface area contributed by atoms with Gasteiger partial charge in [0.25, 0.3) is 0 Å². The van der Waals surface area contributed by atoms with Crippen molar-refractivity contribution in [1.82, 2.24) is 5.43 Å². The lowest BCUT2D eigenvalue weighted by molar-refractivity contribution is -0.151. The van der Waals surface area contributed by atoms with Gasteiger partial charge in [0.1, 0.15) is 11.9 Å². The molecule has 1 aliphatic rings. The molecule has 0 amide bonds. The van der Waals surface area contributed by atoms with Crippen molar-refractivity contribution in [3.8, 4) is 0 Å². The van der Waals surface area contributed by atoms with Crippen molar-refractivity contribution in [3.05, 3.63) is 12.2 Å². The molecule has 0 aliphatic heterocycles. The highest BCUT2D eigenvalue weighted by molar-refractivity contribution is 5.93. The molecule has 1 rings (SSSR count). The molecule has 8 nitrogen and oxygen atoms in total. The molecule has 1 aliphatic carbocycles. The Bertz CT molecular complexity index is 457. The van der Waals surface area contributed by atoms with Gasteiger partial charge in [0.15, 0.2) is 0 Å². The molecule has 0 heterocycles. The molecule has 0 saturated heterocycles. The van der Waals surface area contributed by atoms with Crippen LogP contribution in [0.25, 0.3) is 0 Å². The minimum absolute atomic E-state index is 0.0375. The van der Waals surface area contributed by atoms with E-state index in [9.17, 15) is 9.59 Å². The molecule has 8 heteroatoms. The van der Waals surface area contributed by atoms with Crippen LogP contribution in [0, 0.1) is 0 Å². The summed E-state index contributed by atoms with van der Waals surface area (Å²) in [5, 5.41) is 3.37. The van der Waals surface area contributed by atoms with Crippen LogP contribution in [0.2, 0.25) is 0 Å². The number of hydrogen-bond acceptors (Lipinski definition) is 7. The van der Waals surface area contributed by atoms with Crippen LogP contribution >= 0.6 is 0 Å². The Labute approximate surface area is 142 Å². The van der Waals surface area contributed by atoms with Gasteiger partial charge >= 0.3 is 11.9 Å². The first-order valence-corrected chi connectivity index (χ1v) is 8.34. The lowest BCUT2D eigenvalue weighted by Gasteiger charge is -2.20. The largest absolute Gasteiger partial charge is 0.462 e. The number of carbonyl (C=O) groups is 2. The zero-order valence-electron chi connectivity index (χ0n) is 14.1. The van der Waals surface area contributed by atoms with Crippen molar-refractivity contribution >= 4 is 17.8 Å². The molecule has 5 N–H and O–H groups in total. The predicted molar refractivity (Wildman–Crippen MR) is 90.5 cm³/mol. The lowest BCUT2D eigenvalue weighted by Crippen LogP contribution is -2.32. The van der Waals surface area contributed by atoms with Crippen molar-refractivity contribution in [3.63, 3.8) is 0 Å². The number of nitrogens with two attached hydrogens (primary N) is 2. The fourth-order valence-corrected chi connectivity index (χ4v) is 2.53. The molecule has 0 bridgehead atoms. The van der Waals surface area contributed by atoms with Crippen LogP contribution in [0.1, 0.15) is 57.8 Å². The summed E-state index contributed by atoms with van der Waals surface area (Å²) in [7, 11) is 0. The van der Waals surface area contributed by atoms with E-state index in [1.54, 1.807) is 0 Å². The maximum Gasteiger partial charge on any atom is 0.334 e. The summed E-state index contributed by atoms with van der Waals surface area (Å²) in [5.41, 5.74) is 2.35. The van der Waals surface area contributed by atoms with E-state index >= 15 is 0 Å². The highest BCUT2D eigenvalue weighted by Gasteiger charge is 2.19. The lowest BCUT2D eigenvalue weighted by atomic mass is 9.98. The van der Waals surface area contributed by atoms with Crippen LogP contribution in [0.3, 0.4) is 0 Å². The Morgan fingerprint density at radius 3 is 2.38 bits per heavy atom.